The van der Waals surface area contributed by atoms with Gasteiger partial charge in [-0.2, -0.15) is 8.78 Å². The Labute approximate surface area is 175 Å². The number of ether oxygens (including phenoxy) is 3. The number of benzene rings is 1. The van der Waals surface area contributed by atoms with E-state index < -0.39 is 36.0 Å². The number of fused-ring (bicyclic) bond motifs is 1. The highest BCUT2D eigenvalue weighted by atomic mass is 19.2. The molecule has 0 aromatic heterocycles. The molecule has 1 aromatic rings. The summed E-state index contributed by atoms with van der Waals surface area (Å²) in [5.74, 6) is -4.08. The molecule has 3 nitrogen and oxygen atoms in total. The normalized spacial score (nSPS) is 17.1. The van der Waals surface area contributed by atoms with Gasteiger partial charge >= 0.3 is 0 Å². The van der Waals surface area contributed by atoms with Gasteiger partial charge in [0.1, 0.15) is 0 Å². The molecule has 0 radical (unpaired) electrons. The molecule has 2 unspecified atom stereocenters. The van der Waals surface area contributed by atoms with Gasteiger partial charge in [0, 0.05) is 24.2 Å². The highest BCUT2D eigenvalue weighted by molar-refractivity contribution is 5.53. The first-order valence-electron chi connectivity index (χ1n) is 9.97. The lowest BCUT2D eigenvalue weighted by Gasteiger charge is -2.25. The topological polar surface area (TPSA) is 27.7 Å². The van der Waals surface area contributed by atoms with Gasteiger partial charge in [-0.25, -0.2) is 4.39 Å². The van der Waals surface area contributed by atoms with Crippen molar-refractivity contribution < 1.29 is 31.8 Å². The van der Waals surface area contributed by atoms with E-state index in [1.807, 2.05) is 6.92 Å². The molecule has 0 N–H and O–H groups in total. The van der Waals surface area contributed by atoms with Crippen LogP contribution in [-0.4, -0.2) is 26.0 Å². The van der Waals surface area contributed by atoms with Crippen molar-refractivity contribution in [3.63, 3.8) is 0 Å². The minimum absolute atomic E-state index is 0.000826. The summed E-state index contributed by atoms with van der Waals surface area (Å²) < 4.78 is 72.1. The molecule has 2 rings (SSSR count). The van der Waals surface area contributed by atoms with Gasteiger partial charge in [0.2, 0.25) is 11.6 Å². The fourth-order valence-corrected chi connectivity index (χ4v) is 3.06. The van der Waals surface area contributed by atoms with E-state index in [1.54, 1.807) is 13.8 Å². The molecule has 166 valence electrons. The van der Waals surface area contributed by atoms with Gasteiger partial charge < -0.3 is 14.2 Å². The summed E-state index contributed by atoms with van der Waals surface area (Å²) in [6.45, 7) is 12.8. The quantitative estimate of drug-likeness (QED) is 0.405. The Morgan fingerprint density at radius 1 is 1.27 bits per heavy atom. The van der Waals surface area contributed by atoms with Crippen LogP contribution in [0.5, 0.6) is 11.5 Å². The molecule has 0 amide bonds. The zero-order valence-corrected chi connectivity index (χ0v) is 17.6. The lowest BCUT2D eigenvalue weighted by Crippen LogP contribution is -2.19. The van der Waals surface area contributed by atoms with E-state index in [9.17, 15) is 13.2 Å². The van der Waals surface area contributed by atoms with Crippen LogP contribution in [0.2, 0.25) is 0 Å². The molecular weight excluding hydrogens is 400 g/mol. The fraction of sp³-hybridized carbons (Fsp3) is 0.478. The van der Waals surface area contributed by atoms with Crippen molar-refractivity contribution in [2.75, 3.05) is 19.9 Å². The molecule has 1 aliphatic heterocycles. The van der Waals surface area contributed by atoms with Crippen LogP contribution >= 0.6 is 0 Å². The molecule has 0 saturated heterocycles. The van der Waals surface area contributed by atoms with Crippen LogP contribution < -0.4 is 9.47 Å². The lowest BCUT2D eigenvalue weighted by atomic mass is 9.98. The van der Waals surface area contributed by atoms with Gasteiger partial charge in [-0.05, 0) is 44.2 Å². The summed E-state index contributed by atoms with van der Waals surface area (Å²) in [5.41, 5.74) is 0.577. The second-order valence-electron chi connectivity index (χ2n) is 7.39. The number of hydrogen-bond donors (Lipinski definition) is 0. The average Bonchev–Trinajstić information content (AvgIpc) is 2.72. The van der Waals surface area contributed by atoms with E-state index in [1.165, 1.54) is 6.07 Å². The summed E-state index contributed by atoms with van der Waals surface area (Å²) in [6, 6.07) is 1.33. The predicted molar refractivity (Wildman–Crippen MR) is 108 cm³/mol. The monoisotopic (exact) mass is 428 g/mol. The molecule has 0 spiro atoms. The standard InChI is InChI=1S/C23H28F4O3/c1-6-28-18-11-17-10-14(3)22(30-23(17)21(27)20(18)26)19(25)15(4)16(5)29-12-13(2)8-7-9-24/h11,13,16H,3-4,6-10,12H2,1-2,5H3/b22-19-. The van der Waals surface area contributed by atoms with Crippen LogP contribution in [0.15, 0.2) is 42.0 Å². The maximum atomic E-state index is 15.1. The Balaban J connectivity index is 2.19. The van der Waals surface area contributed by atoms with Crippen molar-refractivity contribution in [2.24, 2.45) is 5.92 Å². The second kappa shape index (κ2) is 10.7. The van der Waals surface area contributed by atoms with Crippen LogP contribution in [-0.2, 0) is 11.2 Å². The molecule has 0 aliphatic carbocycles. The van der Waals surface area contributed by atoms with E-state index >= 15 is 4.39 Å². The molecule has 1 heterocycles. The van der Waals surface area contributed by atoms with Gasteiger partial charge in [0.15, 0.2) is 23.1 Å². The molecule has 1 aliphatic rings. The van der Waals surface area contributed by atoms with Crippen molar-refractivity contribution in [1.82, 2.24) is 0 Å². The van der Waals surface area contributed by atoms with Crippen LogP contribution in [0, 0.1) is 17.6 Å². The summed E-state index contributed by atoms with van der Waals surface area (Å²) >= 11 is 0. The Morgan fingerprint density at radius 3 is 2.60 bits per heavy atom. The Kier molecular flexibility index (Phi) is 8.53. The average molecular weight is 428 g/mol. The lowest BCUT2D eigenvalue weighted by molar-refractivity contribution is 0.0617. The van der Waals surface area contributed by atoms with Gasteiger partial charge in [0.25, 0.3) is 0 Å². The SMILES string of the molecule is C=C1Cc2cc(OCC)c(F)c(F)c2O/C1=C(\F)C(=C)C(C)OCC(C)CCCF. The molecule has 2 atom stereocenters. The number of alkyl halides is 1. The maximum Gasteiger partial charge on any atom is 0.205 e. The minimum atomic E-state index is -1.25. The van der Waals surface area contributed by atoms with Gasteiger partial charge in [-0.3, -0.25) is 4.39 Å². The zero-order valence-electron chi connectivity index (χ0n) is 17.6. The van der Waals surface area contributed by atoms with Crippen LogP contribution in [0.1, 0.15) is 39.2 Å². The summed E-state index contributed by atoms with van der Waals surface area (Å²) in [5, 5.41) is 0. The molecular formula is C23H28F4O3. The summed E-state index contributed by atoms with van der Waals surface area (Å²) in [6.07, 6.45) is 0.478. The molecule has 7 heteroatoms. The van der Waals surface area contributed by atoms with Crippen LogP contribution in [0.3, 0.4) is 0 Å². The highest BCUT2D eigenvalue weighted by Crippen LogP contribution is 2.41. The Morgan fingerprint density at radius 2 is 1.97 bits per heavy atom. The maximum absolute atomic E-state index is 15.1. The second-order valence-corrected chi connectivity index (χ2v) is 7.39. The predicted octanol–water partition coefficient (Wildman–Crippen LogP) is 6.38. The first kappa shape index (κ1) is 24.0. The van der Waals surface area contributed by atoms with Crippen LogP contribution in [0.4, 0.5) is 17.6 Å². The van der Waals surface area contributed by atoms with Crippen LogP contribution in [0.25, 0.3) is 0 Å². The summed E-state index contributed by atoms with van der Waals surface area (Å²) in [7, 11) is 0. The highest BCUT2D eigenvalue weighted by Gasteiger charge is 2.30. The van der Waals surface area contributed by atoms with Gasteiger partial charge in [-0.1, -0.05) is 20.1 Å². The Bertz CT molecular complexity index is 832. The molecule has 1 aromatic carbocycles. The number of hydrogen-bond acceptors (Lipinski definition) is 3. The number of allylic oxidation sites excluding steroid dienone is 1. The third kappa shape index (κ3) is 5.45. The molecule has 30 heavy (non-hydrogen) atoms. The van der Waals surface area contributed by atoms with Crippen molar-refractivity contribution in [1.29, 1.82) is 0 Å². The van der Waals surface area contributed by atoms with Crippen molar-refractivity contribution >= 4 is 0 Å². The number of rotatable bonds is 10. The first-order chi connectivity index (χ1) is 14.2. The molecule has 0 saturated carbocycles. The van der Waals surface area contributed by atoms with E-state index in [4.69, 9.17) is 14.2 Å². The minimum Gasteiger partial charge on any atom is -0.491 e. The Hall–Kier alpha value is -2.28. The fourth-order valence-electron chi connectivity index (χ4n) is 3.06. The van der Waals surface area contributed by atoms with E-state index in [-0.39, 0.29) is 41.6 Å². The van der Waals surface area contributed by atoms with E-state index in [0.29, 0.717) is 25.0 Å². The molecule has 0 bridgehead atoms. The van der Waals surface area contributed by atoms with E-state index in [0.717, 1.165) is 0 Å². The van der Waals surface area contributed by atoms with E-state index in [2.05, 4.69) is 13.2 Å². The smallest absolute Gasteiger partial charge is 0.205 e. The van der Waals surface area contributed by atoms with Gasteiger partial charge in [-0.15, -0.1) is 0 Å². The zero-order chi connectivity index (χ0) is 22.4. The van der Waals surface area contributed by atoms with Gasteiger partial charge in [0.05, 0.1) is 19.4 Å². The van der Waals surface area contributed by atoms with Crippen molar-refractivity contribution in [3.05, 3.63) is 59.2 Å². The van der Waals surface area contributed by atoms with Crippen molar-refractivity contribution in [2.45, 2.75) is 46.1 Å². The first-order valence-corrected chi connectivity index (χ1v) is 9.97. The summed E-state index contributed by atoms with van der Waals surface area (Å²) in [4.78, 5) is 0. The third-order valence-electron chi connectivity index (χ3n) is 4.87. The largest absolute Gasteiger partial charge is 0.491 e. The number of halogens is 4. The third-order valence-corrected chi connectivity index (χ3v) is 4.87. The molecule has 0 fully saturated rings. The van der Waals surface area contributed by atoms with Crippen molar-refractivity contribution in [3.8, 4) is 11.5 Å².